The second kappa shape index (κ2) is 6.98. The summed E-state index contributed by atoms with van der Waals surface area (Å²) in [5, 5.41) is 3.34. The van der Waals surface area contributed by atoms with Crippen molar-refractivity contribution in [2.75, 3.05) is 52.9 Å². The van der Waals surface area contributed by atoms with Gasteiger partial charge in [-0.05, 0) is 26.6 Å². The maximum absolute atomic E-state index is 3.69. The average Bonchev–Trinajstić information content (AvgIpc) is 2.38. The van der Waals surface area contributed by atoms with Crippen LogP contribution in [0.5, 0.6) is 0 Å². The molecule has 14 heavy (non-hydrogen) atoms. The van der Waals surface area contributed by atoms with Gasteiger partial charge in [-0.2, -0.15) is 0 Å². The topological polar surface area (TPSA) is 18.5 Å². The molecule has 0 atom stereocenters. The highest BCUT2D eigenvalue weighted by atomic mass is 15.2. The van der Waals surface area contributed by atoms with E-state index in [9.17, 15) is 0 Å². The average molecular weight is 197 g/mol. The van der Waals surface area contributed by atoms with Gasteiger partial charge in [-0.25, -0.2) is 0 Å². The van der Waals surface area contributed by atoms with Crippen molar-refractivity contribution < 1.29 is 0 Å². The molecule has 82 valence electrons. The first-order valence-electron chi connectivity index (χ1n) is 5.55. The minimum atomic E-state index is 0.924. The van der Waals surface area contributed by atoms with Gasteiger partial charge in [-0.1, -0.05) is 6.08 Å². The van der Waals surface area contributed by atoms with E-state index in [1.165, 1.54) is 39.1 Å². The maximum atomic E-state index is 3.69. The molecule has 0 aromatic rings. The van der Waals surface area contributed by atoms with Crippen molar-refractivity contribution in [3.05, 3.63) is 12.7 Å². The van der Waals surface area contributed by atoms with Crippen molar-refractivity contribution in [2.45, 2.75) is 6.42 Å². The lowest BCUT2D eigenvalue weighted by Crippen LogP contribution is -2.34. The maximum Gasteiger partial charge on any atom is 0.0132 e. The molecule has 0 aromatic carbocycles. The Hall–Kier alpha value is -0.380. The number of hydrogen-bond acceptors (Lipinski definition) is 3. The second-order valence-corrected chi connectivity index (χ2v) is 3.99. The molecule has 0 bridgehead atoms. The van der Waals surface area contributed by atoms with Crippen LogP contribution in [0.2, 0.25) is 0 Å². The molecule has 1 rings (SSSR count). The van der Waals surface area contributed by atoms with Gasteiger partial charge < -0.3 is 15.1 Å². The van der Waals surface area contributed by atoms with Crippen LogP contribution in [-0.2, 0) is 0 Å². The van der Waals surface area contributed by atoms with Crippen LogP contribution < -0.4 is 5.32 Å². The van der Waals surface area contributed by atoms with Crippen molar-refractivity contribution >= 4 is 0 Å². The lowest BCUT2D eigenvalue weighted by Gasteiger charge is -2.19. The summed E-state index contributed by atoms with van der Waals surface area (Å²) in [7, 11) is 2.21. The SMILES string of the molecule is C=CCNCCN1CCCN(C)CC1. The predicted molar refractivity (Wildman–Crippen MR) is 61.6 cm³/mol. The largest absolute Gasteiger partial charge is 0.312 e. The molecule has 3 nitrogen and oxygen atoms in total. The molecule has 1 aliphatic heterocycles. The van der Waals surface area contributed by atoms with Gasteiger partial charge in [0, 0.05) is 32.7 Å². The zero-order chi connectivity index (χ0) is 10.2. The van der Waals surface area contributed by atoms with Crippen molar-refractivity contribution in [1.82, 2.24) is 15.1 Å². The highest BCUT2D eigenvalue weighted by Crippen LogP contribution is 1.99. The Bertz CT molecular complexity index is 159. The zero-order valence-electron chi connectivity index (χ0n) is 9.34. The highest BCUT2D eigenvalue weighted by molar-refractivity contribution is 4.72. The fourth-order valence-electron chi connectivity index (χ4n) is 1.76. The summed E-state index contributed by atoms with van der Waals surface area (Å²) in [6, 6.07) is 0. The second-order valence-electron chi connectivity index (χ2n) is 3.99. The van der Waals surface area contributed by atoms with E-state index < -0.39 is 0 Å². The third-order valence-electron chi connectivity index (χ3n) is 2.71. The lowest BCUT2D eigenvalue weighted by molar-refractivity contribution is 0.277. The van der Waals surface area contributed by atoms with Crippen LogP contribution in [0.15, 0.2) is 12.7 Å². The normalized spacial score (nSPS) is 20.6. The molecule has 0 unspecified atom stereocenters. The smallest absolute Gasteiger partial charge is 0.0132 e. The van der Waals surface area contributed by atoms with E-state index in [4.69, 9.17) is 0 Å². The third kappa shape index (κ3) is 4.74. The fraction of sp³-hybridized carbons (Fsp3) is 0.818. The molecule has 1 heterocycles. The molecule has 0 aliphatic carbocycles. The molecule has 0 radical (unpaired) electrons. The third-order valence-corrected chi connectivity index (χ3v) is 2.71. The molecular formula is C11H23N3. The van der Waals surface area contributed by atoms with Gasteiger partial charge in [0.1, 0.15) is 0 Å². The van der Waals surface area contributed by atoms with Gasteiger partial charge in [-0.15, -0.1) is 6.58 Å². The van der Waals surface area contributed by atoms with Gasteiger partial charge in [0.15, 0.2) is 0 Å². The Balaban J connectivity index is 2.08. The van der Waals surface area contributed by atoms with E-state index in [0.29, 0.717) is 0 Å². The minimum absolute atomic E-state index is 0.924. The molecular weight excluding hydrogens is 174 g/mol. The monoisotopic (exact) mass is 197 g/mol. The van der Waals surface area contributed by atoms with Crippen LogP contribution in [0.3, 0.4) is 0 Å². The summed E-state index contributed by atoms with van der Waals surface area (Å²) in [5.74, 6) is 0. The van der Waals surface area contributed by atoms with E-state index in [-0.39, 0.29) is 0 Å². The predicted octanol–water partition coefficient (Wildman–Crippen LogP) is 0.400. The van der Waals surface area contributed by atoms with Crippen LogP contribution in [0.25, 0.3) is 0 Å². The van der Waals surface area contributed by atoms with Crippen LogP contribution in [0.4, 0.5) is 0 Å². The van der Waals surface area contributed by atoms with Crippen LogP contribution in [-0.4, -0.2) is 62.7 Å². The Kier molecular flexibility index (Phi) is 5.83. The van der Waals surface area contributed by atoms with Crippen LogP contribution in [0, 0.1) is 0 Å². The van der Waals surface area contributed by atoms with Crippen molar-refractivity contribution in [1.29, 1.82) is 0 Å². The Morgan fingerprint density at radius 1 is 1.29 bits per heavy atom. The molecule has 1 saturated heterocycles. The number of nitrogens with zero attached hydrogens (tertiary/aromatic N) is 2. The summed E-state index contributed by atoms with van der Waals surface area (Å²) in [6.07, 6.45) is 3.22. The van der Waals surface area contributed by atoms with E-state index in [1.807, 2.05) is 6.08 Å². The molecule has 1 N–H and O–H groups in total. The van der Waals surface area contributed by atoms with Crippen molar-refractivity contribution in [3.8, 4) is 0 Å². The molecule has 0 amide bonds. The Morgan fingerprint density at radius 3 is 2.93 bits per heavy atom. The summed E-state index contributed by atoms with van der Waals surface area (Å²) in [4.78, 5) is 4.96. The summed E-state index contributed by atoms with van der Waals surface area (Å²) in [6.45, 7) is 11.8. The molecule has 0 aromatic heterocycles. The quantitative estimate of drug-likeness (QED) is 0.508. The molecule has 1 fully saturated rings. The molecule has 1 aliphatic rings. The first-order chi connectivity index (χ1) is 6.83. The van der Waals surface area contributed by atoms with Crippen molar-refractivity contribution in [2.24, 2.45) is 0 Å². The first-order valence-corrected chi connectivity index (χ1v) is 5.55. The first kappa shape index (κ1) is 11.7. The number of likely N-dealkylation sites (N-methyl/N-ethyl adjacent to an activating group) is 1. The fourth-order valence-corrected chi connectivity index (χ4v) is 1.76. The van der Waals surface area contributed by atoms with Crippen LogP contribution in [0.1, 0.15) is 6.42 Å². The zero-order valence-corrected chi connectivity index (χ0v) is 9.34. The van der Waals surface area contributed by atoms with Gasteiger partial charge in [0.25, 0.3) is 0 Å². The van der Waals surface area contributed by atoms with Gasteiger partial charge in [-0.3, -0.25) is 0 Å². The van der Waals surface area contributed by atoms with Gasteiger partial charge in [0.2, 0.25) is 0 Å². The Labute approximate surface area is 87.8 Å². The highest BCUT2D eigenvalue weighted by Gasteiger charge is 2.10. The minimum Gasteiger partial charge on any atom is -0.312 e. The molecule has 0 saturated carbocycles. The van der Waals surface area contributed by atoms with E-state index >= 15 is 0 Å². The van der Waals surface area contributed by atoms with Gasteiger partial charge >= 0.3 is 0 Å². The van der Waals surface area contributed by atoms with E-state index in [0.717, 1.165) is 13.1 Å². The molecule has 3 heteroatoms. The van der Waals surface area contributed by atoms with Crippen molar-refractivity contribution in [3.63, 3.8) is 0 Å². The number of nitrogens with one attached hydrogen (secondary N) is 1. The summed E-state index contributed by atoms with van der Waals surface area (Å²) < 4.78 is 0. The van der Waals surface area contributed by atoms with Gasteiger partial charge in [0.05, 0.1) is 0 Å². The standard InChI is InChI=1S/C11H23N3/c1-3-5-12-6-9-14-8-4-7-13(2)10-11-14/h3,12H,1,4-11H2,2H3. The Morgan fingerprint density at radius 2 is 2.14 bits per heavy atom. The summed E-state index contributed by atoms with van der Waals surface area (Å²) in [5.41, 5.74) is 0. The van der Waals surface area contributed by atoms with E-state index in [2.05, 4.69) is 28.7 Å². The number of rotatable bonds is 5. The van der Waals surface area contributed by atoms with E-state index in [1.54, 1.807) is 0 Å². The number of hydrogen-bond donors (Lipinski definition) is 1. The lowest BCUT2D eigenvalue weighted by atomic mass is 10.4. The summed E-state index contributed by atoms with van der Waals surface area (Å²) >= 11 is 0. The van der Waals surface area contributed by atoms with Crippen LogP contribution >= 0.6 is 0 Å². The molecule has 0 spiro atoms.